The molecule has 1 amide bonds. The van der Waals surface area contributed by atoms with Gasteiger partial charge >= 0.3 is 0 Å². The Balaban J connectivity index is 1.92. The van der Waals surface area contributed by atoms with E-state index in [2.05, 4.69) is 22.4 Å². The fraction of sp³-hybridized carbons (Fsp3) is 0.267. The first-order valence-corrected chi connectivity index (χ1v) is 7.71. The summed E-state index contributed by atoms with van der Waals surface area (Å²) in [7, 11) is 0. The fourth-order valence-corrected chi connectivity index (χ4v) is 2.44. The first kappa shape index (κ1) is 16.0. The first-order valence-electron chi connectivity index (χ1n) is 6.89. The smallest absolute Gasteiger partial charge is 0.283 e. The van der Waals surface area contributed by atoms with Crippen molar-refractivity contribution in [3.05, 3.63) is 40.4 Å². The third kappa shape index (κ3) is 4.29. The number of aryl methyl sites for hydroxylation is 1. The summed E-state index contributed by atoms with van der Waals surface area (Å²) in [6.07, 6.45) is 2.54. The van der Waals surface area contributed by atoms with Crippen molar-refractivity contribution in [1.82, 2.24) is 10.4 Å². The Morgan fingerprint density at radius 1 is 1.45 bits per heavy atom. The van der Waals surface area contributed by atoms with Gasteiger partial charge in [-0.2, -0.15) is 5.10 Å². The number of nitrogens with two attached hydrogens (primary N) is 1. The molecule has 2 aromatic rings. The molecule has 0 spiro atoms. The Bertz CT molecular complexity index is 665. The molecule has 3 N–H and O–H groups in total. The van der Waals surface area contributed by atoms with Crippen molar-refractivity contribution in [1.29, 1.82) is 0 Å². The number of benzene rings is 1. The van der Waals surface area contributed by atoms with Crippen LogP contribution >= 0.6 is 11.3 Å². The Labute approximate surface area is 133 Å². The number of hydrogen-bond acceptors (Lipinski definition) is 6. The molecular weight excluding hydrogens is 300 g/mol. The minimum Gasteiger partial charge on any atom is -0.494 e. The minimum absolute atomic E-state index is 0.314. The number of ether oxygens (including phenoxy) is 1. The van der Waals surface area contributed by atoms with E-state index < -0.39 is 0 Å². The molecule has 0 bridgehead atoms. The highest BCUT2D eigenvalue weighted by molar-refractivity contribution is 7.17. The first-order chi connectivity index (χ1) is 10.6. The monoisotopic (exact) mass is 318 g/mol. The van der Waals surface area contributed by atoms with Crippen LogP contribution in [0.4, 0.5) is 5.13 Å². The van der Waals surface area contributed by atoms with Gasteiger partial charge in [-0.05, 0) is 43.2 Å². The van der Waals surface area contributed by atoms with Gasteiger partial charge in [-0.25, -0.2) is 10.4 Å². The van der Waals surface area contributed by atoms with Crippen LogP contribution in [0.3, 0.4) is 0 Å². The summed E-state index contributed by atoms with van der Waals surface area (Å²) in [6.45, 7) is 4.49. The number of nitrogen functional groups attached to an aromatic ring is 1. The zero-order chi connectivity index (χ0) is 15.9. The second kappa shape index (κ2) is 7.56. The van der Waals surface area contributed by atoms with Gasteiger partial charge in [0.1, 0.15) is 10.6 Å². The molecule has 116 valence electrons. The van der Waals surface area contributed by atoms with Crippen LogP contribution in [0.25, 0.3) is 0 Å². The normalized spacial score (nSPS) is 10.8. The van der Waals surface area contributed by atoms with Crippen LogP contribution in [0, 0.1) is 6.92 Å². The number of hydrazone groups is 1. The van der Waals surface area contributed by atoms with Gasteiger partial charge in [0.05, 0.1) is 18.5 Å². The van der Waals surface area contributed by atoms with Crippen molar-refractivity contribution < 1.29 is 9.53 Å². The molecule has 0 atom stereocenters. The van der Waals surface area contributed by atoms with E-state index in [1.807, 2.05) is 24.3 Å². The average Bonchev–Trinajstić information content (AvgIpc) is 2.85. The SMILES string of the molecule is CCCOc1ccc(/C=N\NC(=O)c2sc(N)nc2C)cc1. The van der Waals surface area contributed by atoms with Gasteiger partial charge in [-0.3, -0.25) is 4.79 Å². The van der Waals surface area contributed by atoms with E-state index in [4.69, 9.17) is 10.5 Å². The highest BCUT2D eigenvalue weighted by atomic mass is 32.1. The summed E-state index contributed by atoms with van der Waals surface area (Å²) in [5.41, 5.74) is 9.50. The van der Waals surface area contributed by atoms with Crippen molar-refractivity contribution >= 4 is 28.6 Å². The number of hydrogen-bond donors (Lipinski definition) is 2. The third-order valence-electron chi connectivity index (χ3n) is 2.75. The van der Waals surface area contributed by atoms with Crippen molar-refractivity contribution in [2.45, 2.75) is 20.3 Å². The second-order valence-corrected chi connectivity index (χ2v) is 5.61. The maximum atomic E-state index is 11.9. The van der Waals surface area contributed by atoms with Gasteiger partial charge in [0.2, 0.25) is 0 Å². The molecule has 7 heteroatoms. The molecule has 0 aliphatic carbocycles. The lowest BCUT2D eigenvalue weighted by molar-refractivity contribution is 0.0958. The molecule has 0 aliphatic heterocycles. The van der Waals surface area contributed by atoms with Crippen LogP contribution in [-0.2, 0) is 0 Å². The van der Waals surface area contributed by atoms with Gasteiger partial charge < -0.3 is 10.5 Å². The number of amides is 1. The van der Waals surface area contributed by atoms with Crippen LogP contribution < -0.4 is 15.9 Å². The van der Waals surface area contributed by atoms with E-state index in [0.717, 1.165) is 29.1 Å². The lowest BCUT2D eigenvalue weighted by Gasteiger charge is -2.03. The van der Waals surface area contributed by atoms with E-state index in [9.17, 15) is 4.79 Å². The lowest BCUT2D eigenvalue weighted by Crippen LogP contribution is -2.17. The summed E-state index contributed by atoms with van der Waals surface area (Å²) in [6, 6.07) is 7.48. The Morgan fingerprint density at radius 3 is 2.77 bits per heavy atom. The predicted molar refractivity (Wildman–Crippen MR) is 88.6 cm³/mol. The average molecular weight is 318 g/mol. The fourth-order valence-electron chi connectivity index (χ4n) is 1.71. The van der Waals surface area contributed by atoms with E-state index in [-0.39, 0.29) is 5.91 Å². The van der Waals surface area contributed by atoms with Gasteiger partial charge in [0.25, 0.3) is 5.91 Å². The molecule has 0 unspecified atom stereocenters. The summed E-state index contributed by atoms with van der Waals surface area (Å²) in [5.74, 6) is 0.504. The molecule has 22 heavy (non-hydrogen) atoms. The van der Waals surface area contributed by atoms with Gasteiger partial charge in [0.15, 0.2) is 5.13 Å². The Kier molecular flexibility index (Phi) is 5.48. The van der Waals surface area contributed by atoms with E-state index >= 15 is 0 Å². The van der Waals surface area contributed by atoms with Crippen LogP contribution in [0.1, 0.15) is 34.3 Å². The molecule has 2 rings (SSSR count). The van der Waals surface area contributed by atoms with Crippen LogP contribution in [-0.4, -0.2) is 23.7 Å². The zero-order valence-electron chi connectivity index (χ0n) is 12.5. The standard InChI is InChI=1S/C15H18N4O2S/c1-3-8-21-12-6-4-11(5-7-12)9-17-19-14(20)13-10(2)18-15(16)22-13/h4-7,9H,3,8H2,1-2H3,(H2,16,18)(H,19,20)/b17-9-. The largest absolute Gasteiger partial charge is 0.494 e. The molecule has 0 saturated heterocycles. The van der Waals surface area contributed by atoms with Crippen LogP contribution in [0.15, 0.2) is 29.4 Å². The summed E-state index contributed by atoms with van der Waals surface area (Å²) in [5, 5.41) is 4.30. The molecule has 6 nitrogen and oxygen atoms in total. The van der Waals surface area contributed by atoms with Crippen LogP contribution in [0.5, 0.6) is 5.75 Å². The predicted octanol–water partition coefficient (Wildman–Crippen LogP) is 2.59. The number of rotatable bonds is 6. The quantitative estimate of drug-likeness (QED) is 0.633. The summed E-state index contributed by atoms with van der Waals surface area (Å²) < 4.78 is 5.49. The van der Waals surface area contributed by atoms with Gasteiger partial charge in [-0.15, -0.1) is 0 Å². The highest BCUT2D eigenvalue weighted by Crippen LogP contribution is 2.19. The van der Waals surface area contributed by atoms with Gasteiger partial charge in [0, 0.05) is 0 Å². The maximum Gasteiger partial charge on any atom is 0.283 e. The number of carbonyl (C=O) groups is 1. The van der Waals surface area contributed by atoms with Crippen molar-refractivity contribution in [2.75, 3.05) is 12.3 Å². The van der Waals surface area contributed by atoms with E-state index in [0.29, 0.717) is 22.3 Å². The van der Waals surface area contributed by atoms with Crippen molar-refractivity contribution in [3.63, 3.8) is 0 Å². The topological polar surface area (TPSA) is 89.6 Å². The number of aromatic nitrogens is 1. The number of nitrogens with zero attached hydrogens (tertiary/aromatic N) is 2. The van der Waals surface area contributed by atoms with E-state index in [1.165, 1.54) is 0 Å². The second-order valence-electron chi connectivity index (χ2n) is 4.58. The van der Waals surface area contributed by atoms with Crippen LogP contribution in [0.2, 0.25) is 0 Å². The molecular formula is C15H18N4O2S. The molecule has 0 fully saturated rings. The molecule has 0 radical (unpaired) electrons. The number of carbonyl (C=O) groups excluding carboxylic acids is 1. The Morgan fingerprint density at radius 2 is 2.18 bits per heavy atom. The number of nitrogens with one attached hydrogen (secondary N) is 1. The molecule has 0 saturated carbocycles. The Hall–Kier alpha value is -2.41. The maximum absolute atomic E-state index is 11.9. The van der Waals surface area contributed by atoms with Crippen molar-refractivity contribution in [3.8, 4) is 5.75 Å². The van der Waals surface area contributed by atoms with Gasteiger partial charge in [-0.1, -0.05) is 18.3 Å². The van der Waals surface area contributed by atoms with Crippen molar-refractivity contribution in [2.24, 2.45) is 5.10 Å². The van der Waals surface area contributed by atoms with E-state index in [1.54, 1.807) is 13.1 Å². The molecule has 1 heterocycles. The number of thiazole rings is 1. The molecule has 1 aromatic carbocycles. The molecule has 0 aliphatic rings. The zero-order valence-corrected chi connectivity index (χ0v) is 13.3. The summed E-state index contributed by atoms with van der Waals surface area (Å²) >= 11 is 1.14. The minimum atomic E-state index is -0.314. The third-order valence-corrected chi connectivity index (χ3v) is 3.74. The summed E-state index contributed by atoms with van der Waals surface area (Å²) in [4.78, 5) is 16.4. The highest BCUT2D eigenvalue weighted by Gasteiger charge is 2.13. The molecule has 1 aromatic heterocycles. The number of anilines is 1. The lowest BCUT2D eigenvalue weighted by atomic mass is 10.2.